The molecule has 0 fully saturated rings. The molecule has 5 heteroatoms. The maximum absolute atomic E-state index is 11.6. The third-order valence-electron chi connectivity index (χ3n) is 3.24. The molecule has 0 spiro atoms. The van der Waals surface area contributed by atoms with E-state index in [1.165, 1.54) is 0 Å². The molecule has 0 atom stereocenters. The quantitative estimate of drug-likeness (QED) is 0.810. The maximum atomic E-state index is 11.6. The van der Waals surface area contributed by atoms with Crippen molar-refractivity contribution < 1.29 is 18.7 Å². The van der Waals surface area contributed by atoms with E-state index in [9.17, 15) is 9.59 Å². The Morgan fingerprint density at radius 1 is 1.17 bits per heavy atom. The Morgan fingerprint density at radius 3 is 2.50 bits per heavy atom. The van der Waals surface area contributed by atoms with Gasteiger partial charge in [0.2, 0.25) is 0 Å². The van der Waals surface area contributed by atoms with Gasteiger partial charge in [-0.2, -0.15) is 0 Å². The zero-order chi connectivity index (χ0) is 17.6. The van der Waals surface area contributed by atoms with E-state index < -0.39 is 11.7 Å². The van der Waals surface area contributed by atoms with E-state index in [0.29, 0.717) is 19.4 Å². The first kappa shape index (κ1) is 17.8. The Balaban J connectivity index is 1.92. The number of carbonyl (C=O) groups is 2. The first-order valence-corrected chi connectivity index (χ1v) is 7.96. The summed E-state index contributed by atoms with van der Waals surface area (Å²) in [5, 5.41) is 2.72. The summed E-state index contributed by atoms with van der Waals surface area (Å²) in [6, 6.07) is 11.5. The molecule has 1 heterocycles. The number of amides is 1. The molecule has 0 unspecified atom stereocenters. The molecule has 5 nitrogen and oxygen atoms in total. The highest BCUT2D eigenvalue weighted by Crippen LogP contribution is 2.23. The van der Waals surface area contributed by atoms with Gasteiger partial charge in [-0.15, -0.1) is 0 Å². The minimum absolute atomic E-state index is 0.401. The molecule has 0 saturated carbocycles. The molecule has 2 aromatic rings. The lowest BCUT2D eigenvalue weighted by Gasteiger charge is -2.19. The van der Waals surface area contributed by atoms with Gasteiger partial charge in [0.05, 0.1) is 0 Å². The average Bonchev–Trinajstić information content (AvgIpc) is 2.98. The van der Waals surface area contributed by atoms with Crippen molar-refractivity contribution in [1.82, 2.24) is 5.32 Å². The van der Waals surface area contributed by atoms with Crippen LogP contribution in [0.4, 0.5) is 4.79 Å². The van der Waals surface area contributed by atoms with Gasteiger partial charge in [-0.25, -0.2) is 4.79 Å². The van der Waals surface area contributed by atoms with E-state index >= 15 is 0 Å². The Labute approximate surface area is 142 Å². The second-order valence-corrected chi connectivity index (χ2v) is 6.52. The number of hydrogen-bond acceptors (Lipinski definition) is 4. The summed E-state index contributed by atoms with van der Waals surface area (Å²) < 4.78 is 10.9. The summed E-state index contributed by atoms with van der Waals surface area (Å²) in [5.74, 6) is 1.57. The van der Waals surface area contributed by atoms with Crippen molar-refractivity contribution in [2.75, 3.05) is 0 Å². The molecule has 1 aromatic carbocycles. The highest BCUT2D eigenvalue weighted by molar-refractivity contribution is 5.67. The van der Waals surface area contributed by atoms with Gasteiger partial charge in [-0.3, -0.25) is 0 Å². The molecule has 0 saturated heterocycles. The highest BCUT2D eigenvalue weighted by atomic mass is 16.6. The van der Waals surface area contributed by atoms with Gasteiger partial charge in [0.1, 0.15) is 23.4 Å². The molecule has 0 bridgehead atoms. The summed E-state index contributed by atoms with van der Waals surface area (Å²) in [6.45, 7) is 5.88. The van der Waals surface area contributed by atoms with E-state index in [-0.39, 0.29) is 0 Å². The van der Waals surface area contributed by atoms with Gasteiger partial charge in [0.25, 0.3) is 0 Å². The number of carbonyl (C=O) groups excluding carboxylic acids is 2. The number of hydrogen-bond donors (Lipinski definition) is 1. The number of furan rings is 1. The van der Waals surface area contributed by atoms with Crippen molar-refractivity contribution in [1.29, 1.82) is 0 Å². The zero-order valence-electron chi connectivity index (χ0n) is 14.3. The molecule has 1 N–H and O–H groups in total. The first-order valence-electron chi connectivity index (χ1n) is 7.96. The van der Waals surface area contributed by atoms with Crippen LogP contribution in [0.2, 0.25) is 0 Å². The molecule has 128 valence electrons. The summed E-state index contributed by atoms with van der Waals surface area (Å²) in [7, 11) is 0. The molecule has 1 amide bonds. The number of ether oxygens (including phenoxy) is 1. The maximum Gasteiger partial charge on any atom is 0.407 e. The van der Waals surface area contributed by atoms with Crippen molar-refractivity contribution in [2.45, 2.75) is 45.8 Å². The van der Waals surface area contributed by atoms with Crippen LogP contribution in [0.3, 0.4) is 0 Å². The fourth-order valence-electron chi connectivity index (χ4n) is 2.14. The molecule has 0 radical (unpaired) electrons. The number of benzene rings is 1. The topological polar surface area (TPSA) is 68.5 Å². The van der Waals surface area contributed by atoms with Crippen molar-refractivity contribution in [3.63, 3.8) is 0 Å². The number of rotatable bonds is 6. The summed E-state index contributed by atoms with van der Waals surface area (Å²) in [6.07, 6.45) is 1.52. The van der Waals surface area contributed by atoms with Gasteiger partial charge < -0.3 is 19.3 Å². The van der Waals surface area contributed by atoms with Crippen molar-refractivity contribution in [3.05, 3.63) is 47.7 Å². The third kappa shape index (κ3) is 5.57. The van der Waals surface area contributed by atoms with Crippen LogP contribution in [0.25, 0.3) is 11.3 Å². The number of nitrogens with one attached hydrogen (secondary N) is 1. The predicted octanol–water partition coefficient (Wildman–Crippen LogP) is 4.10. The fourth-order valence-corrected chi connectivity index (χ4v) is 2.14. The minimum Gasteiger partial charge on any atom is -0.461 e. The Hall–Kier alpha value is -2.56. The van der Waals surface area contributed by atoms with Crippen LogP contribution in [-0.2, 0) is 22.5 Å². The van der Waals surface area contributed by atoms with Crippen LogP contribution >= 0.6 is 0 Å². The lowest BCUT2D eigenvalue weighted by molar-refractivity contribution is -0.107. The van der Waals surface area contributed by atoms with Crippen LogP contribution in [0, 0.1) is 0 Å². The summed E-state index contributed by atoms with van der Waals surface area (Å²) >= 11 is 0. The monoisotopic (exact) mass is 329 g/mol. The molecular formula is C19H23NO4. The van der Waals surface area contributed by atoms with Crippen LogP contribution in [0.1, 0.15) is 38.5 Å². The van der Waals surface area contributed by atoms with Crippen molar-refractivity contribution in [3.8, 4) is 11.3 Å². The van der Waals surface area contributed by atoms with Crippen LogP contribution < -0.4 is 5.32 Å². The molecule has 0 aliphatic rings. The van der Waals surface area contributed by atoms with E-state index in [2.05, 4.69) is 5.32 Å². The lowest BCUT2D eigenvalue weighted by Crippen LogP contribution is -2.32. The Kier molecular flexibility index (Phi) is 5.79. The summed E-state index contributed by atoms with van der Waals surface area (Å²) in [5.41, 5.74) is 1.42. The standard InChI is InChI=1S/C19H23NO4/c1-19(2,3)24-18(22)20-13-14-6-8-15(9-7-14)17-11-10-16(23-17)5-4-12-21/h6-12H,4-5,13H2,1-3H3,(H,20,22). The largest absolute Gasteiger partial charge is 0.461 e. The lowest BCUT2D eigenvalue weighted by atomic mass is 10.1. The Morgan fingerprint density at radius 2 is 1.88 bits per heavy atom. The first-order chi connectivity index (χ1) is 11.4. The molecule has 24 heavy (non-hydrogen) atoms. The van der Waals surface area contributed by atoms with E-state index in [4.69, 9.17) is 9.15 Å². The van der Waals surface area contributed by atoms with Crippen LogP contribution in [0.15, 0.2) is 40.8 Å². The fraction of sp³-hybridized carbons (Fsp3) is 0.368. The smallest absolute Gasteiger partial charge is 0.407 e. The van der Waals surface area contributed by atoms with Gasteiger partial charge in [-0.05, 0) is 38.5 Å². The van der Waals surface area contributed by atoms with Crippen molar-refractivity contribution >= 4 is 12.4 Å². The predicted molar refractivity (Wildman–Crippen MR) is 91.6 cm³/mol. The number of aryl methyl sites for hydroxylation is 1. The van der Waals surface area contributed by atoms with Crippen molar-refractivity contribution in [2.24, 2.45) is 0 Å². The van der Waals surface area contributed by atoms with E-state index in [0.717, 1.165) is 28.9 Å². The summed E-state index contributed by atoms with van der Waals surface area (Å²) in [4.78, 5) is 22.0. The molecule has 1 aromatic heterocycles. The zero-order valence-corrected chi connectivity index (χ0v) is 14.3. The van der Waals surface area contributed by atoms with Gasteiger partial charge in [-0.1, -0.05) is 24.3 Å². The average molecular weight is 329 g/mol. The highest BCUT2D eigenvalue weighted by Gasteiger charge is 2.15. The SMILES string of the molecule is CC(C)(C)OC(=O)NCc1ccc(-c2ccc(CCC=O)o2)cc1. The van der Waals surface area contributed by atoms with E-state index in [1.807, 2.05) is 57.2 Å². The van der Waals surface area contributed by atoms with Gasteiger partial charge in [0, 0.05) is 24.9 Å². The van der Waals surface area contributed by atoms with E-state index in [1.54, 1.807) is 0 Å². The van der Waals surface area contributed by atoms with Crippen LogP contribution in [-0.4, -0.2) is 18.0 Å². The third-order valence-corrected chi connectivity index (χ3v) is 3.24. The molecular weight excluding hydrogens is 306 g/mol. The Bertz CT molecular complexity index is 680. The second-order valence-electron chi connectivity index (χ2n) is 6.52. The minimum atomic E-state index is -0.505. The molecule has 2 rings (SSSR count). The van der Waals surface area contributed by atoms with Gasteiger partial charge in [0.15, 0.2) is 0 Å². The molecule has 0 aliphatic heterocycles. The van der Waals surface area contributed by atoms with Gasteiger partial charge >= 0.3 is 6.09 Å². The normalized spacial score (nSPS) is 11.1. The second kappa shape index (κ2) is 7.81. The van der Waals surface area contributed by atoms with Crippen LogP contribution in [0.5, 0.6) is 0 Å². The molecule has 0 aliphatic carbocycles. The number of aldehydes is 1. The number of alkyl carbamates (subject to hydrolysis) is 1.